The lowest BCUT2D eigenvalue weighted by atomic mass is 9.98. The third-order valence-corrected chi connectivity index (χ3v) is 3.77. The molecular formula is C14H18Cl2N4O. The minimum atomic E-state index is 0. The first-order chi connectivity index (χ1) is 9.67. The molecule has 2 heterocycles. The van der Waals surface area contributed by atoms with Crippen LogP contribution in [0.3, 0.4) is 0 Å². The summed E-state index contributed by atoms with van der Waals surface area (Å²) in [5, 5.41) is 4.77. The van der Waals surface area contributed by atoms with Crippen molar-refractivity contribution < 1.29 is 4.52 Å². The molecule has 5 nitrogen and oxygen atoms in total. The smallest absolute Gasteiger partial charge is 0.240 e. The summed E-state index contributed by atoms with van der Waals surface area (Å²) >= 11 is 6.14. The Hall–Kier alpha value is -1.30. The second-order valence-electron chi connectivity index (χ2n) is 5.06. The van der Waals surface area contributed by atoms with Gasteiger partial charge in [-0.1, -0.05) is 16.8 Å². The summed E-state index contributed by atoms with van der Waals surface area (Å²) in [5.74, 6) is 1.15. The number of aryl methyl sites for hydroxylation is 2. The maximum atomic E-state index is 6.14. The fourth-order valence-corrected chi connectivity index (χ4v) is 3.08. The van der Waals surface area contributed by atoms with E-state index in [-0.39, 0.29) is 19.0 Å². The maximum Gasteiger partial charge on any atom is 0.240 e. The SMILES string of the molecule is Cc1cc(Cl)cc2c1N(Cc1noc(CN)n1)CCC2.Cl. The van der Waals surface area contributed by atoms with E-state index in [2.05, 4.69) is 28.0 Å². The van der Waals surface area contributed by atoms with Crippen LogP contribution >= 0.6 is 24.0 Å². The molecule has 2 N–H and O–H groups in total. The highest BCUT2D eigenvalue weighted by atomic mass is 35.5. The highest BCUT2D eigenvalue weighted by molar-refractivity contribution is 6.30. The largest absolute Gasteiger partial charge is 0.363 e. The Balaban J connectivity index is 0.00000161. The molecule has 0 atom stereocenters. The number of hydrogen-bond donors (Lipinski definition) is 1. The molecule has 0 fully saturated rings. The van der Waals surface area contributed by atoms with Crippen LogP contribution in [-0.4, -0.2) is 16.7 Å². The van der Waals surface area contributed by atoms with Gasteiger partial charge in [-0.05, 0) is 43.0 Å². The Kier molecular flexibility index (Phi) is 5.08. The molecule has 1 aromatic heterocycles. The van der Waals surface area contributed by atoms with Gasteiger partial charge in [0.1, 0.15) is 0 Å². The van der Waals surface area contributed by atoms with Crippen LogP contribution in [0.5, 0.6) is 0 Å². The molecule has 21 heavy (non-hydrogen) atoms. The minimum Gasteiger partial charge on any atom is -0.363 e. The van der Waals surface area contributed by atoms with E-state index in [0.29, 0.717) is 18.3 Å². The molecule has 0 unspecified atom stereocenters. The quantitative estimate of drug-likeness (QED) is 0.938. The van der Waals surface area contributed by atoms with Crippen molar-refractivity contribution in [3.63, 3.8) is 0 Å². The van der Waals surface area contributed by atoms with Gasteiger partial charge in [-0.15, -0.1) is 12.4 Å². The first-order valence-electron chi connectivity index (χ1n) is 6.73. The van der Waals surface area contributed by atoms with E-state index in [0.717, 1.165) is 24.4 Å². The molecule has 0 amide bonds. The molecule has 3 rings (SSSR count). The summed E-state index contributed by atoms with van der Waals surface area (Å²) in [6.07, 6.45) is 2.17. The van der Waals surface area contributed by atoms with Crippen molar-refractivity contribution in [2.45, 2.75) is 32.9 Å². The summed E-state index contributed by atoms with van der Waals surface area (Å²) in [7, 11) is 0. The zero-order valence-electron chi connectivity index (χ0n) is 11.8. The van der Waals surface area contributed by atoms with E-state index in [4.69, 9.17) is 21.9 Å². The normalized spacial score (nSPS) is 13.8. The number of halogens is 2. The van der Waals surface area contributed by atoms with Crippen LogP contribution in [0.4, 0.5) is 5.69 Å². The number of nitrogens with two attached hydrogens (primary N) is 1. The topological polar surface area (TPSA) is 68.2 Å². The van der Waals surface area contributed by atoms with Gasteiger partial charge >= 0.3 is 0 Å². The lowest BCUT2D eigenvalue weighted by molar-refractivity contribution is 0.374. The number of benzene rings is 1. The number of anilines is 1. The molecule has 0 spiro atoms. The molecule has 2 aromatic rings. The van der Waals surface area contributed by atoms with Crippen molar-refractivity contribution in [3.8, 4) is 0 Å². The van der Waals surface area contributed by atoms with Crippen molar-refractivity contribution in [1.29, 1.82) is 0 Å². The highest BCUT2D eigenvalue weighted by Crippen LogP contribution is 2.33. The van der Waals surface area contributed by atoms with Gasteiger partial charge in [-0.25, -0.2) is 0 Å². The van der Waals surface area contributed by atoms with Crippen molar-refractivity contribution in [2.24, 2.45) is 5.73 Å². The van der Waals surface area contributed by atoms with E-state index >= 15 is 0 Å². The lowest BCUT2D eigenvalue weighted by Gasteiger charge is -2.32. The molecule has 0 aliphatic carbocycles. The molecular weight excluding hydrogens is 311 g/mol. The minimum absolute atomic E-state index is 0. The average molecular weight is 329 g/mol. The van der Waals surface area contributed by atoms with Crippen LogP contribution < -0.4 is 10.6 Å². The summed E-state index contributed by atoms with van der Waals surface area (Å²) in [4.78, 5) is 6.56. The van der Waals surface area contributed by atoms with Gasteiger partial charge < -0.3 is 15.2 Å². The van der Waals surface area contributed by atoms with Crippen molar-refractivity contribution in [1.82, 2.24) is 10.1 Å². The average Bonchev–Trinajstić information content (AvgIpc) is 2.86. The zero-order valence-corrected chi connectivity index (χ0v) is 13.4. The number of hydrogen-bond acceptors (Lipinski definition) is 5. The van der Waals surface area contributed by atoms with Crippen LogP contribution in [0.2, 0.25) is 5.02 Å². The number of rotatable bonds is 3. The predicted molar refractivity (Wildman–Crippen MR) is 85.0 cm³/mol. The molecule has 0 saturated carbocycles. The third-order valence-electron chi connectivity index (χ3n) is 3.55. The van der Waals surface area contributed by atoms with Gasteiger partial charge in [0, 0.05) is 17.3 Å². The Morgan fingerprint density at radius 2 is 2.24 bits per heavy atom. The van der Waals surface area contributed by atoms with Crippen molar-refractivity contribution in [2.75, 3.05) is 11.4 Å². The molecule has 1 aliphatic heterocycles. The standard InChI is InChI=1S/C14H17ClN4O.ClH/c1-9-5-11(15)6-10-3-2-4-19(14(9)10)8-12-17-13(7-16)20-18-12;/h5-6H,2-4,7-8,16H2,1H3;1H. The summed E-state index contributed by atoms with van der Waals surface area (Å²) in [5.41, 5.74) is 9.22. The van der Waals surface area contributed by atoms with Crippen LogP contribution in [-0.2, 0) is 19.5 Å². The number of aromatic nitrogens is 2. The lowest BCUT2D eigenvalue weighted by Crippen LogP contribution is -2.30. The van der Waals surface area contributed by atoms with E-state index in [1.165, 1.54) is 16.8 Å². The summed E-state index contributed by atoms with van der Waals surface area (Å²) in [6, 6.07) is 4.05. The van der Waals surface area contributed by atoms with Gasteiger partial charge in [0.25, 0.3) is 0 Å². The fourth-order valence-electron chi connectivity index (χ4n) is 2.79. The van der Waals surface area contributed by atoms with Crippen LogP contribution in [0.15, 0.2) is 16.7 Å². The van der Waals surface area contributed by atoms with Gasteiger partial charge in [-0.3, -0.25) is 0 Å². The molecule has 0 bridgehead atoms. The molecule has 1 aliphatic rings. The Morgan fingerprint density at radius 1 is 1.43 bits per heavy atom. The molecule has 7 heteroatoms. The van der Waals surface area contributed by atoms with Crippen molar-refractivity contribution in [3.05, 3.63) is 40.0 Å². The second-order valence-corrected chi connectivity index (χ2v) is 5.50. The fraction of sp³-hybridized carbons (Fsp3) is 0.429. The molecule has 114 valence electrons. The van der Waals surface area contributed by atoms with Gasteiger partial charge in [0.2, 0.25) is 5.89 Å². The maximum absolute atomic E-state index is 6.14. The highest BCUT2D eigenvalue weighted by Gasteiger charge is 2.21. The van der Waals surface area contributed by atoms with Gasteiger partial charge in [-0.2, -0.15) is 4.98 Å². The van der Waals surface area contributed by atoms with E-state index < -0.39 is 0 Å². The first-order valence-corrected chi connectivity index (χ1v) is 7.10. The zero-order chi connectivity index (χ0) is 14.1. The van der Waals surface area contributed by atoms with Crippen molar-refractivity contribution >= 4 is 29.7 Å². The van der Waals surface area contributed by atoms with Gasteiger partial charge in [0.05, 0.1) is 13.1 Å². The molecule has 1 aromatic carbocycles. The van der Waals surface area contributed by atoms with Crippen LogP contribution in [0.25, 0.3) is 0 Å². The van der Waals surface area contributed by atoms with E-state index in [1.54, 1.807) is 0 Å². The number of nitrogens with zero attached hydrogens (tertiary/aromatic N) is 3. The van der Waals surface area contributed by atoms with E-state index in [9.17, 15) is 0 Å². The summed E-state index contributed by atoms with van der Waals surface area (Å²) < 4.78 is 5.06. The summed E-state index contributed by atoms with van der Waals surface area (Å²) in [6.45, 7) is 3.99. The van der Waals surface area contributed by atoms with Gasteiger partial charge in [0.15, 0.2) is 5.82 Å². The molecule has 0 radical (unpaired) electrons. The monoisotopic (exact) mass is 328 g/mol. The molecule has 0 saturated heterocycles. The first kappa shape index (κ1) is 16.1. The second kappa shape index (κ2) is 6.64. The van der Waals surface area contributed by atoms with Crippen LogP contribution in [0.1, 0.15) is 29.3 Å². The van der Waals surface area contributed by atoms with E-state index in [1.807, 2.05) is 6.07 Å². The Bertz CT molecular complexity index is 629. The van der Waals surface area contributed by atoms with Crippen LogP contribution in [0, 0.1) is 6.92 Å². The third kappa shape index (κ3) is 3.31. The Morgan fingerprint density at radius 3 is 2.95 bits per heavy atom. The predicted octanol–water partition coefficient (Wildman–Crippen LogP) is 2.86. The number of fused-ring (bicyclic) bond motifs is 1. The Labute approximate surface area is 134 Å².